The summed E-state index contributed by atoms with van der Waals surface area (Å²) in [5, 5.41) is 0. The number of hydrogen-bond donors (Lipinski definition) is 0. The molecule has 5 nitrogen and oxygen atoms in total. The van der Waals surface area contributed by atoms with Gasteiger partial charge in [-0.1, -0.05) is 6.92 Å². The molecule has 0 amide bonds. The number of hydrogen-bond acceptors (Lipinski definition) is 5. The number of ketones is 1. The van der Waals surface area contributed by atoms with Gasteiger partial charge in [0.15, 0.2) is 5.78 Å². The molecule has 0 aliphatic carbocycles. The number of ether oxygens (including phenoxy) is 1. The van der Waals surface area contributed by atoms with Gasteiger partial charge in [0.25, 0.3) is 0 Å². The minimum Gasteiger partial charge on any atom is -0.466 e. The van der Waals surface area contributed by atoms with Crippen LogP contribution in [0.2, 0.25) is 0 Å². The van der Waals surface area contributed by atoms with E-state index in [0.29, 0.717) is 13.2 Å². The van der Waals surface area contributed by atoms with Gasteiger partial charge in [-0.2, -0.15) is 0 Å². The molecule has 0 aromatic rings. The second-order valence-corrected chi connectivity index (χ2v) is 4.23. The second-order valence-electron chi connectivity index (χ2n) is 4.23. The summed E-state index contributed by atoms with van der Waals surface area (Å²) in [5.74, 6) is -0.460. The molecule has 1 aliphatic rings. The first-order valence-electron chi connectivity index (χ1n) is 6.27. The monoisotopic (exact) mass is 242 g/mol. The first kappa shape index (κ1) is 14.1. The van der Waals surface area contributed by atoms with Gasteiger partial charge in [-0.15, -0.1) is 0 Å². The number of likely N-dealkylation sites (N-methyl/N-ethyl adjacent to an activating group) is 1. The molecule has 98 valence electrons. The summed E-state index contributed by atoms with van der Waals surface area (Å²) in [6, 6.07) is 0. The molecule has 0 unspecified atom stereocenters. The number of esters is 1. The van der Waals surface area contributed by atoms with Crippen LogP contribution in [0, 0.1) is 0 Å². The summed E-state index contributed by atoms with van der Waals surface area (Å²) >= 11 is 0. The minimum absolute atomic E-state index is 0.0478. The van der Waals surface area contributed by atoms with Gasteiger partial charge in [0, 0.05) is 26.2 Å². The minimum atomic E-state index is -0.412. The molecule has 1 saturated heterocycles. The maximum atomic E-state index is 11.6. The van der Waals surface area contributed by atoms with Crippen LogP contribution in [0.5, 0.6) is 0 Å². The molecule has 0 bridgehead atoms. The van der Waals surface area contributed by atoms with Gasteiger partial charge in [0.05, 0.1) is 13.2 Å². The summed E-state index contributed by atoms with van der Waals surface area (Å²) in [6.07, 6.45) is -0.0954. The fourth-order valence-corrected chi connectivity index (χ4v) is 1.94. The highest BCUT2D eigenvalue weighted by Gasteiger charge is 2.19. The largest absolute Gasteiger partial charge is 0.466 e. The van der Waals surface area contributed by atoms with Gasteiger partial charge < -0.3 is 9.64 Å². The molecule has 1 aliphatic heterocycles. The van der Waals surface area contributed by atoms with Crippen molar-refractivity contribution in [2.45, 2.75) is 20.3 Å². The predicted octanol–water partition coefficient (Wildman–Crippen LogP) is 0.146. The summed E-state index contributed by atoms with van der Waals surface area (Å²) in [7, 11) is 0. The lowest BCUT2D eigenvalue weighted by atomic mass is 10.2. The highest BCUT2D eigenvalue weighted by molar-refractivity contribution is 5.96. The molecule has 0 spiro atoms. The lowest BCUT2D eigenvalue weighted by Gasteiger charge is -2.33. The third-order valence-electron chi connectivity index (χ3n) is 2.96. The Balaban J connectivity index is 2.21. The van der Waals surface area contributed by atoms with Crippen LogP contribution in [-0.4, -0.2) is 67.4 Å². The topological polar surface area (TPSA) is 49.9 Å². The number of carbonyl (C=O) groups excluding carboxylic acids is 2. The van der Waals surface area contributed by atoms with Crippen LogP contribution in [-0.2, 0) is 14.3 Å². The Bertz CT molecular complexity index is 260. The molecule has 1 rings (SSSR count). The molecule has 1 fully saturated rings. The Morgan fingerprint density at radius 2 is 1.65 bits per heavy atom. The van der Waals surface area contributed by atoms with Crippen molar-refractivity contribution in [1.82, 2.24) is 9.80 Å². The van der Waals surface area contributed by atoms with Crippen LogP contribution in [0.25, 0.3) is 0 Å². The van der Waals surface area contributed by atoms with Crippen molar-refractivity contribution in [3.63, 3.8) is 0 Å². The van der Waals surface area contributed by atoms with Crippen LogP contribution in [0.3, 0.4) is 0 Å². The van der Waals surface area contributed by atoms with Crippen molar-refractivity contribution in [3.8, 4) is 0 Å². The van der Waals surface area contributed by atoms with E-state index >= 15 is 0 Å². The average Bonchev–Trinajstić information content (AvgIpc) is 2.30. The van der Waals surface area contributed by atoms with E-state index in [1.165, 1.54) is 0 Å². The fraction of sp³-hybridized carbons (Fsp3) is 0.833. The molecule has 0 radical (unpaired) electrons. The van der Waals surface area contributed by atoms with E-state index in [1.807, 2.05) is 0 Å². The number of Topliss-reactive ketones (excluding diaryl/α,β-unsaturated/α-hetero) is 1. The summed E-state index contributed by atoms with van der Waals surface area (Å²) < 4.78 is 4.75. The van der Waals surface area contributed by atoms with E-state index in [-0.39, 0.29) is 12.2 Å². The highest BCUT2D eigenvalue weighted by atomic mass is 16.5. The molecule has 17 heavy (non-hydrogen) atoms. The van der Waals surface area contributed by atoms with Gasteiger partial charge in [-0.05, 0) is 13.5 Å². The predicted molar refractivity (Wildman–Crippen MR) is 64.8 cm³/mol. The van der Waals surface area contributed by atoms with Crippen LogP contribution in [0.4, 0.5) is 0 Å². The third-order valence-corrected chi connectivity index (χ3v) is 2.96. The van der Waals surface area contributed by atoms with E-state index in [0.717, 1.165) is 32.7 Å². The first-order valence-corrected chi connectivity index (χ1v) is 6.27. The fourth-order valence-electron chi connectivity index (χ4n) is 1.94. The zero-order valence-electron chi connectivity index (χ0n) is 10.8. The number of carbonyl (C=O) groups is 2. The van der Waals surface area contributed by atoms with E-state index in [2.05, 4.69) is 16.7 Å². The van der Waals surface area contributed by atoms with Crippen molar-refractivity contribution in [2.24, 2.45) is 0 Å². The zero-order valence-corrected chi connectivity index (χ0v) is 10.8. The Kier molecular flexibility index (Phi) is 6.15. The van der Waals surface area contributed by atoms with E-state index < -0.39 is 5.97 Å². The van der Waals surface area contributed by atoms with Crippen molar-refractivity contribution in [2.75, 3.05) is 45.9 Å². The first-order chi connectivity index (χ1) is 8.15. The van der Waals surface area contributed by atoms with Crippen LogP contribution in [0.1, 0.15) is 20.3 Å². The van der Waals surface area contributed by atoms with Gasteiger partial charge in [-0.3, -0.25) is 14.5 Å². The normalized spacial score (nSPS) is 18.0. The highest BCUT2D eigenvalue weighted by Crippen LogP contribution is 2.02. The molecular formula is C12H22N2O3. The summed E-state index contributed by atoms with van der Waals surface area (Å²) in [4.78, 5) is 27.2. The Hall–Kier alpha value is -0.940. The van der Waals surface area contributed by atoms with Gasteiger partial charge in [0.2, 0.25) is 0 Å². The number of rotatable bonds is 6. The second kappa shape index (κ2) is 7.40. The summed E-state index contributed by atoms with van der Waals surface area (Å²) in [5.41, 5.74) is 0. The molecule has 0 aromatic heterocycles. The molecular weight excluding hydrogens is 220 g/mol. The van der Waals surface area contributed by atoms with Crippen LogP contribution < -0.4 is 0 Å². The zero-order chi connectivity index (χ0) is 12.7. The van der Waals surface area contributed by atoms with E-state index in [4.69, 9.17) is 4.74 Å². The lowest BCUT2D eigenvalue weighted by molar-refractivity contribution is -0.145. The van der Waals surface area contributed by atoms with Crippen LogP contribution >= 0.6 is 0 Å². The quantitative estimate of drug-likeness (QED) is 0.490. The standard InChI is InChI=1S/C12H22N2O3/c1-3-13-5-7-14(8-6-13)10-11(15)9-12(16)17-4-2/h3-10H2,1-2H3. The Morgan fingerprint density at radius 1 is 1.06 bits per heavy atom. The van der Waals surface area contributed by atoms with Gasteiger partial charge in [0.1, 0.15) is 6.42 Å². The molecule has 0 saturated carbocycles. The molecule has 1 heterocycles. The summed E-state index contributed by atoms with van der Waals surface area (Å²) in [6.45, 7) is 9.47. The van der Waals surface area contributed by atoms with Crippen molar-refractivity contribution in [3.05, 3.63) is 0 Å². The van der Waals surface area contributed by atoms with Crippen molar-refractivity contribution in [1.29, 1.82) is 0 Å². The number of nitrogens with zero attached hydrogens (tertiary/aromatic N) is 2. The molecule has 0 atom stereocenters. The maximum absolute atomic E-state index is 11.6. The molecule has 5 heteroatoms. The van der Waals surface area contributed by atoms with E-state index in [9.17, 15) is 9.59 Å². The third kappa shape index (κ3) is 5.28. The molecule has 0 N–H and O–H groups in total. The SMILES string of the molecule is CCOC(=O)CC(=O)CN1CCN(CC)CC1. The van der Waals surface area contributed by atoms with Crippen molar-refractivity contribution < 1.29 is 14.3 Å². The van der Waals surface area contributed by atoms with Crippen LogP contribution in [0.15, 0.2) is 0 Å². The van der Waals surface area contributed by atoms with Gasteiger partial charge >= 0.3 is 5.97 Å². The Labute approximate surface area is 103 Å². The Morgan fingerprint density at radius 3 is 2.18 bits per heavy atom. The van der Waals surface area contributed by atoms with Gasteiger partial charge in [-0.25, -0.2) is 0 Å². The van der Waals surface area contributed by atoms with E-state index in [1.54, 1.807) is 6.92 Å². The average molecular weight is 242 g/mol. The molecule has 0 aromatic carbocycles. The maximum Gasteiger partial charge on any atom is 0.313 e. The lowest BCUT2D eigenvalue weighted by Crippen LogP contribution is -2.47. The smallest absolute Gasteiger partial charge is 0.313 e. The number of piperazine rings is 1. The van der Waals surface area contributed by atoms with Crippen molar-refractivity contribution >= 4 is 11.8 Å².